The van der Waals surface area contributed by atoms with Gasteiger partial charge in [-0.05, 0) is 54.7 Å². The highest BCUT2D eigenvalue weighted by molar-refractivity contribution is 7.71. The van der Waals surface area contributed by atoms with Gasteiger partial charge in [-0.25, -0.2) is 8.78 Å². The third-order valence-electron chi connectivity index (χ3n) is 4.07. The molecule has 0 saturated carbocycles. The Morgan fingerprint density at radius 2 is 2.09 bits per heavy atom. The molecule has 1 aliphatic rings. The third kappa shape index (κ3) is 2.68. The van der Waals surface area contributed by atoms with E-state index in [2.05, 4.69) is 10.3 Å². The quantitative estimate of drug-likeness (QED) is 0.671. The van der Waals surface area contributed by atoms with E-state index in [9.17, 15) is 13.6 Å². The number of H-pyrrole nitrogens is 1. The number of aromatic amines is 1. The second kappa shape index (κ2) is 6.00. The summed E-state index contributed by atoms with van der Waals surface area (Å²) >= 11 is 5.31. The van der Waals surface area contributed by atoms with E-state index in [0.29, 0.717) is 30.6 Å². The maximum absolute atomic E-state index is 13.4. The van der Waals surface area contributed by atoms with Gasteiger partial charge in [-0.2, -0.15) is 0 Å². The highest BCUT2D eigenvalue weighted by Crippen LogP contribution is 2.31. The highest BCUT2D eigenvalue weighted by Gasteiger charge is 2.24. The fourth-order valence-corrected chi connectivity index (χ4v) is 3.37. The van der Waals surface area contributed by atoms with Gasteiger partial charge in [0, 0.05) is 12.2 Å². The van der Waals surface area contributed by atoms with Gasteiger partial charge in [0.25, 0.3) is 0 Å². The summed E-state index contributed by atoms with van der Waals surface area (Å²) in [5, 5.41) is 2.62. The average Bonchev–Trinajstić information content (AvgIpc) is 2.87. The molecular formula is C15H15F2N3OS. The van der Waals surface area contributed by atoms with Crippen LogP contribution in [0, 0.1) is 16.4 Å². The number of benzene rings is 1. The summed E-state index contributed by atoms with van der Waals surface area (Å²) in [5.74, 6) is -1.62. The van der Waals surface area contributed by atoms with Gasteiger partial charge in [0.2, 0.25) is 6.41 Å². The number of carbonyl (C=O) groups excluding carboxylic acids is 1. The van der Waals surface area contributed by atoms with Gasteiger partial charge < -0.3 is 14.9 Å². The zero-order chi connectivity index (χ0) is 15.7. The molecular weight excluding hydrogens is 308 g/mol. The predicted molar refractivity (Wildman–Crippen MR) is 79.9 cm³/mol. The SMILES string of the molecule is O=CNCc1c[nH]c(=S)n1C1CCc2cc(F)c(F)cc2C1. The van der Waals surface area contributed by atoms with Gasteiger partial charge in [-0.3, -0.25) is 4.79 Å². The summed E-state index contributed by atoms with van der Waals surface area (Å²) in [7, 11) is 0. The van der Waals surface area contributed by atoms with Gasteiger partial charge in [0.05, 0.1) is 12.2 Å². The Balaban J connectivity index is 1.91. The van der Waals surface area contributed by atoms with E-state index in [4.69, 9.17) is 12.2 Å². The Morgan fingerprint density at radius 1 is 1.36 bits per heavy atom. The maximum Gasteiger partial charge on any atom is 0.207 e. The first-order chi connectivity index (χ1) is 10.6. The molecule has 4 nitrogen and oxygen atoms in total. The van der Waals surface area contributed by atoms with Crippen molar-refractivity contribution in [2.75, 3.05) is 0 Å². The molecule has 1 unspecified atom stereocenters. The number of aryl methyl sites for hydroxylation is 1. The van der Waals surface area contributed by atoms with Gasteiger partial charge in [-0.15, -0.1) is 0 Å². The van der Waals surface area contributed by atoms with E-state index in [1.54, 1.807) is 6.20 Å². The topological polar surface area (TPSA) is 49.8 Å². The summed E-state index contributed by atoms with van der Waals surface area (Å²) in [6.07, 6.45) is 4.45. The Labute approximate surface area is 131 Å². The van der Waals surface area contributed by atoms with Crippen molar-refractivity contribution in [1.29, 1.82) is 0 Å². The van der Waals surface area contributed by atoms with Crippen LogP contribution in [0.4, 0.5) is 8.78 Å². The van der Waals surface area contributed by atoms with E-state index >= 15 is 0 Å². The number of nitrogens with one attached hydrogen (secondary N) is 2. The second-order valence-corrected chi connectivity index (χ2v) is 5.77. The number of amides is 1. The highest BCUT2D eigenvalue weighted by atomic mass is 32.1. The summed E-state index contributed by atoms with van der Waals surface area (Å²) in [6.45, 7) is 0.373. The zero-order valence-electron chi connectivity index (χ0n) is 11.7. The lowest BCUT2D eigenvalue weighted by Gasteiger charge is -2.27. The molecule has 0 fully saturated rings. The lowest BCUT2D eigenvalue weighted by molar-refractivity contribution is -0.109. The second-order valence-electron chi connectivity index (χ2n) is 5.39. The average molecular weight is 323 g/mol. The normalized spacial score (nSPS) is 17.1. The summed E-state index contributed by atoms with van der Waals surface area (Å²) in [4.78, 5) is 13.4. The molecule has 116 valence electrons. The molecule has 0 aliphatic heterocycles. The molecule has 0 spiro atoms. The van der Waals surface area contributed by atoms with E-state index in [1.165, 1.54) is 12.1 Å². The smallest absolute Gasteiger partial charge is 0.207 e. The molecule has 1 atom stereocenters. The van der Waals surface area contributed by atoms with Crippen LogP contribution in [0.25, 0.3) is 0 Å². The predicted octanol–water partition coefficient (Wildman–Crippen LogP) is 2.80. The Bertz CT molecular complexity index is 769. The molecule has 3 rings (SSSR count). The Morgan fingerprint density at radius 3 is 2.82 bits per heavy atom. The molecule has 22 heavy (non-hydrogen) atoms. The molecule has 2 N–H and O–H groups in total. The third-order valence-corrected chi connectivity index (χ3v) is 4.38. The number of nitrogens with zero attached hydrogens (tertiary/aromatic N) is 1. The molecule has 2 aromatic rings. The van der Waals surface area contributed by atoms with Gasteiger partial charge in [0.1, 0.15) is 0 Å². The minimum absolute atomic E-state index is 0.0690. The molecule has 1 aromatic carbocycles. The lowest BCUT2D eigenvalue weighted by atomic mass is 9.88. The van der Waals surface area contributed by atoms with Crippen LogP contribution < -0.4 is 5.32 Å². The van der Waals surface area contributed by atoms with E-state index in [0.717, 1.165) is 23.2 Å². The standard InChI is InChI=1S/C15H15F2N3OS/c16-13-4-9-1-2-11(3-10(9)5-14(13)17)20-12(6-18-8-21)7-19-15(20)22/h4-5,7-8,11H,1-3,6H2,(H,18,21)(H,19,22). The minimum Gasteiger partial charge on any atom is -0.353 e. The number of hydrogen-bond donors (Lipinski definition) is 2. The molecule has 1 heterocycles. The number of hydrogen-bond acceptors (Lipinski definition) is 2. The fraction of sp³-hybridized carbons (Fsp3) is 0.333. The maximum atomic E-state index is 13.4. The van der Waals surface area contributed by atoms with Gasteiger partial charge >= 0.3 is 0 Å². The molecule has 0 saturated heterocycles. The first kappa shape index (κ1) is 14.9. The number of imidazole rings is 1. The minimum atomic E-state index is -0.820. The molecule has 0 bridgehead atoms. The number of fused-ring (bicyclic) bond motifs is 1. The van der Waals surface area contributed by atoms with Crippen LogP contribution in [-0.2, 0) is 24.2 Å². The largest absolute Gasteiger partial charge is 0.353 e. The number of carbonyl (C=O) groups is 1. The van der Waals surface area contributed by atoms with Crippen molar-refractivity contribution >= 4 is 18.6 Å². The van der Waals surface area contributed by atoms with E-state index in [-0.39, 0.29) is 6.04 Å². The molecule has 1 aromatic heterocycles. The van der Waals surface area contributed by atoms with Crippen molar-refractivity contribution in [3.8, 4) is 0 Å². The molecule has 0 radical (unpaired) electrons. The first-order valence-corrected chi connectivity index (χ1v) is 7.43. The van der Waals surface area contributed by atoms with Crippen molar-refractivity contribution in [3.63, 3.8) is 0 Å². The van der Waals surface area contributed by atoms with Crippen LogP contribution >= 0.6 is 12.2 Å². The van der Waals surface area contributed by atoms with E-state index < -0.39 is 11.6 Å². The number of halogens is 2. The van der Waals surface area contributed by atoms with Gasteiger partial charge in [0.15, 0.2) is 16.4 Å². The molecule has 1 aliphatic carbocycles. The van der Waals surface area contributed by atoms with Crippen LogP contribution in [0.2, 0.25) is 0 Å². The molecule has 1 amide bonds. The Hall–Kier alpha value is -2.02. The number of aromatic nitrogens is 2. The zero-order valence-corrected chi connectivity index (χ0v) is 12.6. The van der Waals surface area contributed by atoms with Crippen molar-refractivity contribution < 1.29 is 13.6 Å². The monoisotopic (exact) mass is 323 g/mol. The van der Waals surface area contributed by atoms with Crippen LogP contribution in [-0.4, -0.2) is 16.0 Å². The fourth-order valence-electron chi connectivity index (χ4n) is 3.05. The summed E-state index contributed by atoms with van der Waals surface area (Å²) in [6, 6.07) is 2.63. The van der Waals surface area contributed by atoms with Crippen molar-refractivity contribution in [2.45, 2.75) is 31.8 Å². The number of rotatable bonds is 4. The van der Waals surface area contributed by atoms with Gasteiger partial charge in [-0.1, -0.05) is 0 Å². The lowest BCUT2D eigenvalue weighted by Crippen LogP contribution is -2.23. The van der Waals surface area contributed by atoms with Crippen LogP contribution in [0.3, 0.4) is 0 Å². The van der Waals surface area contributed by atoms with Crippen molar-refractivity contribution in [2.24, 2.45) is 0 Å². The van der Waals surface area contributed by atoms with Crippen LogP contribution in [0.5, 0.6) is 0 Å². The van der Waals surface area contributed by atoms with Crippen LogP contribution in [0.15, 0.2) is 18.3 Å². The molecule has 7 heteroatoms. The van der Waals surface area contributed by atoms with E-state index in [1.807, 2.05) is 4.57 Å². The van der Waals surface area contributed by atoms with Crippen molar-refractivity contribution in [3.05, 3.63) is 51.6 Å². The summed E-state index contributed by atoms with van der Waals surface area (Å²) < 4.78 is 29.3. The first-order valence-electron chi connectivity index (χ1n) is 7.02. The van der Waals surface area contributed by atoms with Crippen molar-refractivity contribution in [1.82, 2.24) is 14.9 Å². The Kier molecular flexibility index (Phi) is 4.06. The summed E-state index contributed by atoms with van der Waals surface area (Å²) in [5.41, 5.74) is 2.53. The van der Waals surface area contributed by atoms with Crippen LogP contribution in [0.1, 0.15) is 29.3 Å².